The summed E-state index contributed by atoms with van der Waals surface area (Å²) in [6, 6.07) is 16.5. The van der Waals surface area contributed by atoms with Gasteiger partial charge in [-0.2, -0.15) is 0 Å². The standard InChI is InChI=1S/C25H35N3O4S/c1-5-26-25(30)21(3)27(19-17-22-13-7-6-8-14-22)24(29)16-11-18-28(33(4,31)32)23-15-10-9-12-20(23)2/h6-10,12-15,21H,5,11,16-19H2,1-4H3,(H,26,30)/t21-/m1/s1. The van der Waals surface area contributed by atoms with Crippen LogP contribution < -0.4 is 9.62 Å². The Kier molecular flexibility index (Phi) is 9.91. The molecule has 0 aliphatic heterocycles. The maximum atomic E-state index is 13.1. The Hall–Kier alpha value is -2.87. The first-order valence-corrected chi connectivity index (χ1v) is 13.1. The van der Waals surface area contributed by atoms with Crippen molar-refractivity contribution < 1.29 is 18.0 Å². The molecule has 1 N–H and O–H groups in total. The van der Waals surface area contributed by atoms with Gasteiger partial charge < -0.3 is 10.2 Å². The number of nitrogens with zero attached hydrogens (tertiary/aromatic N) is 2. The molecule has 0 saturated heterocycles. The molecule has 2 aromatic carbocycles. The van der Waals surface area contributed by atoms with Crippen LogP contribution in [0.4, 0.5) is 5.69 Å². The highest BCUT2D eigenvalue weighted by atomic mass is 32.2. The van der Waals surface area contributed by atoms with Crippen LogP contribution in [0.5, 0.6) is 0 Å². The van der Waals surface area contributed by atoms with Crippen LogP contribution in [0.25, 0.3) is 0 Å². The molecule has 7 nitrogen and oxygen atoms in total. The number of aryl methyl sites for hydroxylation is 1. The van der Waals surface area contributed by atoms with E-state index in [-0.39, 0.29) is 24.8 Å². The first-order valence-electron chi connectivity index (χ1n) is 11.3. The number of sulfonamides is 1. The maximum absolute atomic E-state index is 13.1. The van der Waals surface area contributed by atoms with Crippen molar-refractivity contribution in [2.24, 2.45) is 0 Å². The molecule has 0 bridgehead atoms. The Morgan fingerprint density at radius 2 is 1.64 bits per heavy atom. The summed E-state index contributed by atoms with van der Waals surface area (Å²) >= 11 is 0. The molecule has 0 radical (unpaired) electrons. The predicted molar refractivity (Wildman–Crippen MR) is 133 cm³/mol. The third-order valence-corrected chi connectivity index (χ3v) is 6.72. The normalized spacial score (nSPS) is 12.1. The highest BCUT2D eigenvalue weighted by molar-refractivity contribution is 7.92. The smallest absolute Gasteiger partial charge is 0.242 e. The predicted octanol–water partition coefficient (Wildman–Crippen LogP) is 3.14. The number of para-hydroxylation sites is 1. The molecule has 0 aromatic heterocycles. The van der Waals surface area contributed by atoms with E-state index < -0.39 is 16.1 Å². The van der Waals surface area contributed by atoms with Crippen LogP contribution in [-0.4, -0.2) is 57.1 Å². The fourth-order valence-electron chi connectivity index (χ4n) is 3.72. The van der Waals surface area contributed by atoms with E-state index in [1.165, 1.54) is 10.6 Å². The number of benzene rings is 2. The van der Waals surface area contributed by atoms with Crippen molar-refractivity contribution in [1.29, 1.82) is 0 Å². The lowest BCUT2D eigenvalue weighted by Gasteiger charge is -2.29. The lowest BCUT2D eigenvalue weighted by Crippen LogP contribution is -2.48. The molecule has 0 fully saturated rings. The van der Waals surface area contributed by atoms with Gasteiger partial charge in [-0.05, 0) is 50.8 Å². The lowest BCUT2D eigenvalue weighted by atomic mass is 10.1. The number of nitrogens with one attached hydrogen (secondary N) is 1. The highest BCUT2D eigenvalue weighted by Crippen LogP contribution is 2.22. The molecule has 1 atom stereocenters. The molecule has 0 unspecified atom stereocenters. The Labute approximate surface area is 197 Å². The number of amides is 2. The van der Waals surface area contributed by atoms with Gasteiger partial charge in [0.05, 0.1) is 11.9 Å². The van der Waals surface area contributed by atoms with Crippen LogP contribution >= 0.6 is 0 Å². The van der Waals surface area contributed by atoms with Gasteiger partial charge in [0.25, 0.3) is 0 Å². The molecule has 180 valence electrons. The fraction of sp³-hybridized carbons (Fsp3) is 0.440. The van der Waals surface area contributed by atoms with E-state index in [2.05, 4.69) is 5.32 Å². The minimum atomic E-state index is -3.50. The number of carbonyl (C=O) groups is 2. The Bertz CT molecular complexity index is 1020. The minimum Gasteiger partial charge on any atom is -0.355 e. The second kappa shape index (κ2) is 12.4. The molecule has 2 rings (SSSR count). The average molecular weight is 474 g/mol. The van der Waals surface area contributed by atoms with Gasteiger partial charge in [-0.15, -0.1) is 0 Å². The number of rotatable bonds is 12. The van der Waals surface area contributed by atoms with Crippen molar-refractivity contribution in [3.05, 3.63) is 65.7 Å². The summed E-state index contributed by atoms with van der Waals surface area (Å²) in [6.45, 7) is 6.52. The number of hydrogen-bond acceptors (Lipinski definition) is 4. The van der Waals surface area contributed by atoms with E-state index in [9.17, 15) is 18.0 Å². The zero-order valence-electron chi connectivity index (χ0n) is 20.0. The minimum absolute atomic E-state index is 0.149. The highest BCUT2D eigenvalue weighted by Gasteiger charge is 2.26. The van der Waals surface area contributed by atoms with Crippen molar-refractivity contribution in [3.8, 4) is 0 Å². The third-order valence-electron chi connectivity index (χ3n) is 5.54. The summed E-state index contributed by atoms with van der Waals surface area (Å²) in [6.07, 6.45) is 2.31. The number of anilines is 1. The zero-order chi connectivity index (χ0) is 24.4. The van der Waals surface area contributed by atoms with Gasteiger partial charge in [0.15, 0.2) is 0 Å². The quantitative estimate of drug-likeness (QED) is 0.513. The van der Waals surface area contributed by atoms with Gasteiger partial charge in [-0.3, -0.25) is 13.9 Å². The van der Waals surface area contributed by atoms with E-state index in [0.717, 1.165) is 11.1 Å². The summed E-state index contributed by atoms with van der Waals surface area (Å²) in [5.74, 6) is -0.362. The van der Waals surface area contributed by atoms with Gasteiger partial charge in [0, 0.05) is 26.1 Å². The summed E-state index contributed by atoms with van der Waals surface area (Å²) in [4.78, 5) is 27.2. The Balaban J connectivity index is 2.10. The molecule has 0 heterocycles. The van der Waals surface area contributed by atoms with Crippen molar-refractivity contribution in [3.63, 3.8) is 0 Å². The first-order chi connectivity index (χ1) is 15.6. The van der Waals surface area contributed by atoms with E-state index >= 15 is 0 Å². The van der Waals surface area contributed by atoms with E-state index in [1.807, 2.05) is 56.3 Å². The summed E-state index contributed by atoms with van der Waals surface area (Å²) in [5.41, 5.74) is 2.55. The molecule has 2 amide bonds. The lowest BCUT2D eigenvalue weighted by molar-refractivity contribution is -0.139. The first kappa shape index (κ1) is 26.4. The van der Waals surface area contributed by atoms with Crippen molar-refractivity contribution >= 4 is 27.5 Å². The molecular formula is C25H35N3O4S. The molecule has 0 aliphatic carbocycles. The molecular weight excluding hydrogens is 438 g/mol. The summed E-state index contributed by atoms with van der Waals surface area (Å²) in [5, 5.41) is 2.78. The van der Waals surface area contributed by atoms with Crippen molar-refractivity contribution in [2.45, 2.75) is 46.1 Å². The molecule has 2 aromatic rings. The third kappa shape index (κ3) is 7.89. The van der Waals surface area contributed by atoms with Gasteiger partial charge in [0.2, 0.25) is 21.8 Å². The topological polar surface area (TPSA) is 86.8 Å². The SMILES string of the molecule is CCNC(=O)[C@@H](C)N(CCc1ccccc1)C(=O)CCCN(c1ccccc1C)S(C)(=O)=O. The number of hydrogen-bond donors (Lipinski definition) is 1. The Morgan fingerprint density at radius 3 is 2.24 bits per heavy atom. The van der Waals surface area contributed by atoms with Crippen LogP contribution in [0.15, 0.2) is 54.6 Å². The Morgan fingerprint density at radius 1 is 1.00 bits per heavy atom. The number of carbonyl (C=O) groups excluding carboxylic acids is 2. The van der Waals surface area contributed by atoms with Crippen LogP contribution in [0.1, 0.15) is 37.8 Å². The van der Waals surface area contributed by atoms with Gasteiger partial charge >= 0.3 is 0 Å². The van der Waals surface area contributed by atoms with Crippen LogP contribution in [-0.2, 0) is 26.0 Å². The van der Waals surface area contributed by atoms with Crippen molar-refractivity contribution in [1.82, 2.24) is 10.2 Å². The summed E-state index contributed by atoms with van der Waals surface area (Å²) < 4.78 is 26.1. The monoisotopic (exact) mass is 473 g/mol. The largest absolute Gasteiger partial charge is 0.355 e. The fourth-order valence-corrected chi connectivity index (χ4v) is 4.74. The van der Waals surface area contributed by atoms with E-state index in [1.54, 1.807) is 24.0 Å². The van der Waals surface area contributed by atoms with Crippen molar-refractivity contribution in [2.75, 3.05) is 30.2 Å². The molecule has 0 saturated carbocycles. The zero-order valence-corrected chi connectivity index (χ0v) is 20.8. The van der Waals surface area contributed by atoms with Crippen LogP contribution in [0.3, 0.4) is 0 Å². The molecule has 0 aliphatic rings. The van der Waals surface area contributed by atoms with Gasteiger partial charge in [-0.25, -0.2) is 8.42 Å². The second-order valence-electron chi connectivity index (χ2n) is 8.12. The van der Waals surface area contributed by atoms with Gasteiger partial charge in [-0.1, -0.05) is 48.5 Å². The molecule has 8 heteroatoms. The maximum Gasteiger partial charge on any atom is 0.242 e. The van der Waals surface area contributed by atoms with Crippen LogP contribution in [0, 0.1) is 6.92 Å². The van der Waals surface area contributed by atoms with Gasteiger partial charge in [0.1, 0.15) is 6.04 Å². The summed E-state index contributed by atoms with van der Waals surface area (Å²) in [7, 11) is -3.50. The number of likely N-dealkylation sites (N-methyl/N-ethyl adjacent to an activating group) is 1. The van der Waals surface area contributed by atoms with Crippen LogP contribution in [0.2, 0.25) is 0 Å². The van der Waals surface area contributed by atoms with E-state index in [0.29, 0.717) is 31.6 Å². The van der Waals surface area contributed by atoms with E-state index in [4.69, 9.17) is 0 Å². The average Bonchev–Trinajstić information content (AvgIpc) is 2.77. The molecule has 33 heavy (non-hydrogen) atoms. The second-order valence-corrected chi connectivity index (χ2v) is 10.0. The molecule has 0 spiro atoms.